The number of methoxy groups -OCH3 is 1. The molecule has 3 aromatic rings. The number of hydrogen-bond donors (Lipinski definition) is 0. The normalized spacial score (nSPS) is 18.6. The molecule has 0 bridgehead atoms. The molecule has 0 N–H and O–H groups in total. The van der Waals surface area contributed by atoms with Crippen LogP contribution < -0.4 is 0 Å². The van der Waals surface area contributed by atoms with Crippen molar-refractivity contribution in [2.75, 3.05) is 14.2 Å². The summed E-state index contributed by atoms with van der Waals surface area (Å²) in [6, 6.07) is 26.6. The first-order valence-electron chi connectivity index (χ1n) is 12.7. The second kappa shape index (κ2) is 11.9. The molecule has 0 saturated carbocycles. The first kappa shape index (κ1) is 26.8. The third-order valence-electron chi connectivity index (χ3n) is 7.08. The Labute approximate surface area is 223 Å². The molecule has 1 aliphatic heterocycles. The Hall–Kier alpha value is -4.26. The van der Waals surface area contributed by atoms with E-state index in [4.69, 9.17) is 9.73 Å². The van der Waals surface area contributed by atoms with E-state index < -0.39 is 29.9 Å². The van der Waals surface area contributed by atoms with Gasteiger partial charge in [-0.2, -0.15) is 0 Å². The van der Waals surface area contributed by atoms with Gasteiger partial charge in [0.25, 0.3) is 5.91 Å². The van der Waals surface area contributed by atoms with Crippen LogP contribution in [-0.4, -0.2) is 59.7 Å². The standard InChI is InChI=1S/C31H33N3O4/c1-21(30(36)38-4)20-26(32-27(23-14-8-5-9-15-23)24-16-10-6-11-17-24)29(35)34-28(22(2)33(3)31(34)37)25-18-12-7-13-19-25/h5-19,21-22,26,28H,20H2,1-4H3/t21?,22-,26-,28-/m0/s1. The lowest BCUT2D eigenvalue weighted by molar-refractivity contribution is -0.145. The predicted molar refractivity (Wildman–Crippen MR) is 147 cm³/mol. The molecule has 3 amide bonds. The highest BCUT2D eigenvalue weighted by atomic mass is 16.5. The molecule has 196 valence electrons. The van der Waals surface area contributed by atoms with E-state index in [0.717, 1.165) is 16.7 Å². The van der Waals surface area contributed by atoms with Gasteiger partial charge >= 0.3 is 12.0 Å². The molecule has 4 atom stereocenters. The summed E-state index contributed by atoms with van der Waals surface area (Å²) in [4.78, 5) is 48.0. The summed E-state index contributed by atoms with van der Waals surface area (Å²) >= 11 is 0. The number of imide groups is 1. The lowest BCUT2D eigenvalue weighted by atomic mass is 9.96. The maximum absolute atomic E-state index is 14.3. The van der Waals surface area contributed by atoms with Crippen LogP contribution in [0.5, 0.6) is 0 Å². The van der Waals surface area contributed by atoms with Crippen LogP contribution in [0.25, 0.3) is 0 Å². The number of nitrogens with zero attached hydrogens (tertiary/aromatic N) is 3. The highest BCUT2D eigenvalue weighted by Gasteiger charge is 2.47. The molecule has 4 rings (SSSR count). The number of hydrogen-bond acceptors (Lipinski definition) is 5. The summed E-state index contributed by atoms with van der Waals surface area (Å²) in [6.07, 6.45) is 0.0953. The van der Waals surface area contributed by atoms with Crippen LogP contribution in [0, 0.1) is 5.92 Å². The molecule has 0 radical (unpaired) electrons. The van der Waals surface area contributed by atoms with Crippen LogP contribution in [0.2, 0.25) is 0 Å². The van der Waals surface area contributed by atoms with Crippen LogP contribution in [-0.2, 0) is 14.3 Å². The van der Waals surface area contributed by atoms with Gasteiger partial charge in [-0.15, -0.1) is 0 Å². The van der Waals surface area contributed by atoms with Crippen molar-refractivity contribution in [2.24, 2.45) is 10.9 Å². The smallest absolute Gasteiger partial charge is 0.327 e. The van der Waals surface area contributed by atoms with Gasteiger partial charge in [-0.3, -0.25) is 19.5 Å². The Bertz CT molecular complexity index is 1250. The zero-order valence-corrected chi connectivity index (χ0v) is 22.2. The maximum atomic E-state index is 14.3. The molecule has 7 heteroatoms. The Morgan fingerprint density at radius 1 is 0.895 bits per heavy atom. The van der Waals surface area contributed by atoms with Gasteiger partial charge in [0.05, 0.1) is 30.8 Å². The summed E-state index contributed by atoms with van der Waals surface area (Å²) in [6.45, 7) is 3.64. The van der Waals surface area contributed by atoms with E-state index >= 15 is 0 Å². The number of esters is 1. The topological polar surface area (TPSA) is 79.3 Å². The number of benzene rings is 3. The lowest BCUT2D eigenvalue weighted by Gasteiger charge is -2.27. The van der Waals surface area contributed by atoms with Gasteiger partial charge in [0.2, 0.25) is 0 Å². The van der Waals surface area contributed by atoms with Gasteiger partial charge in [0, 0.05) is 18.2 Å². The van der Waals surface area contributed by atoms with Crippen LogP contribution in [0.1, 0.15) is 43.0 Å². The summed E-state index contributed by atoms with van der Waals surface area (Å²) < 4.78 is 4.95. The van der Waals surface area contributed by atoms with E-state index in [9.17, 15) is 14.4 Å². The van der Waals surface area contributed by atoms with Crippen molar-refractivity contribution in [3.05, 3.63) is 108 Å². The molecule has 38 heavy (non-hydrogen) atoms. The fourth-order valence-corrected chi connectivity index (χ4v) is 4.87. The Balaban J connectivity index is 1.83. The number of carbonyl (C=O) groups is 3. The monoisotopic (exact) mass is 511 g/mol. The predicted octanol–water partition coefficient (Wildman–Crippen LogP) is 5.12. The van der Waals surface area contributed by atoms with Crippen LogP contribution in [0.15, 0.2) is 96.0 Å². The highest BCUT2D eigenvalue weighted by Crippen LogP contribution is 2.36. The van der Waals surface area contributed by atoms with Crippen molar-refractivity contribution in [2.45, 2.75) is 38.4 Å². The Morgan fingerprint density at radius 2 is 1.39 bits per heavy atom. The fourth-order valence-electron chi connectivity index (χ4n) is 4.87. The first-order valence-corrected chi connectivity index (χ1v) is 12.7. The van der Waals surface area contributed by atoms with Gasteiger partial charge in [0.15, 0.2) is 0 Å². The van der Waals surface area contributed by atoms with Gasteiger partial charge in [-0.1, -0.05) is 97.9 Å². The van der Waals surface area contributed by atoms with Crippen LogP contribution in [0.3, 0.4) is 0 Å². The molecule has 1 saturated heterocycles. The van der Waals surface area contributed by atoms with Crippen molar-refractivity contribution in [3.63, 3.8) is 0 Å². The minimum Gasteiger partial charge on any atom is -0.469 e. The second-order valence-corrected chi connectivity index (χ2v) is 9.58. The quantitative estimate of drug-likeness (QED) is 0.311. The molecule has 0 aliphatic carbocycles. The summed E-state index contributed by atoms with van der Waals surface area (Å²) in [7, 11) is 3.02. The average Bonchev–Trinajstić information content (AvgIpc) is 3.19. The lowest BCUT2D eigenvalue weighted by Crippen LogP contribution is -2.43. The average molecular weight is 512 g/mol. The number of likely N-dealkylation sites (N-methyl/N-ethyl adjacent to an activating group) is 1. The molecular weight excluding hydrogens is 478 g/mol. The molecule has 0 spiro atoms. The van der Waals surface area contributed by atoms with E-state index in [-0.39, 0.29) is 18.5 Å². The SMILES string of the molecule is COC(=O)C(C)C[C@H](N=C(c1ccccc1)c1ccccc1)C(=O)N1C(=O)N(C)[C@@H](C)[C@H]1c1ccccc1. The van der Waals surface area contributed by atoms with E-state index in [1.54, 1.807) is 18.9 Å². The van der Waals surface area contributed by atoms with Crippen molar-refractivity contribution in [1.29, 1.82) is 0 Å². The highest BCUT2D eigenvalue weighted by molar-refractivity contribution is 6.14. The number of aliphatic imine (C=N–C) groups is 1. The Kier molecular flexibility index (Phi) is 8.36. The molecule has 0 aromatic heterocycles. The Morgan fingerprint density at radius 3 is 1.89 bits per heavy atom. The van der Waals surface area contributed by atoms with E-state index in [1.807, 2.05) is 97.9 Å². The van der Waals surface area contributed by atoms with Crippen molar-refractivity contribution in [3.8, 4) is 0 Å². The molecule has 1 aliphatic rings. The molecule has 1 unspecified atom stereocenters. The van der Waals surface area contributed by atoms with Gasteiger partial charge in [-0.25, -0.2) is 4.79 Å². The van der Waals surface area contributed by atoms with Gasteiger partial charge in [-0.05, 0) is 18.9 Å². The molecule has 3 aromatic carbocycles. The number of carbonyl (C=O) groups excluding carboxylic acids is 3. The minimum atomic E-state index is -0.992. The molecule has 7 nitrogen and oxygen atoms in total. The van der Waals surface area contributed by atoms with Crippen molar-refractivity contribution < 1.29 is 19.1 Å². The number of urea groups is 1. The summed E-state index contributed by atoms with van der Waals surface area (Å²) in [5.41, 5.74) is 3.15. The van der Waals surface area contributed by atoms with Crippen molar-refractivity contribution >= 4 is 23.6 Å². The van der Waals surface area contributed by atoms with Gasteiger partial charge in [0.1, 0.15) is 6.04 Å². The molecule has 1 heterocycles. The largest absolute Gasteiger partial charge is 0.469 e. The second-order valence-electron chi connectivity index (χ2n) is 9.58. The fraction of sp³-hybridized carbons (Fsp3) is 0.290. The molecular formula is C31H33N3O4. The zero-order valence-electron chi connectivity index (χ0n) is 22.2. The molecule has 1 fully saturated rings. The summed E-state index contributed by atoms with van der Waals surface area (Å²) in [5.74, 6) is -1.48. The van der Waals surface area contributed by atoms with Crippen molar-refractivity contribution in [1.82, 2.24) is 9.80 Å². The van der Waals surface area contributed by atoms with Gasteiger partial charge < -0.3 is 9.64 Å². The van der Waals surface area contributed by atoms with E-state index in [2.05, 4.69) is 0 Å². The minimum absolute atomic E-state index is 0.0953. The number of amides is 3. The number of ether oxygens (including phenoxy) is 1. The van der Waals surface area contributed by atoms with Crippen LogP contribution in [0.4, 0.5) is 4.79 Å². The summed E-state index contributed by atoms with van der Waals surface area (Å²) in [5, 5.41) is 0. The third kappa shape index (κ3) is 5.52. The third-order valence-corrected chi connectivity index (χ3v) is 7.08. The van der Waals surface area contributed by atoms with E-state index in [0.29, 0.717) is 5.71 Å². The zero-order chi connectivity index (χ0) is 27.2. The number of rotatable bonds is 8. The maximum Gasteiger partial charge on any atom is 0.327 e. The van der Waals surface area contributed by atoms with Crippen LogP contribution >= 0.6 is 0 Å². The first-order chi connectivity index (χ1) is 18.3. The van der Waals surface area contributed by atoms with E-state index in [1.165, 1.54) is 12.0 Å².